The van der Waals surface area contributed by atoms with Gasteiger partial charge in [0.2, 0.25) is 5.41 Å². The van der Waals surface area contributed by atoms with E-state index in [2.05, 4.69) is 5.32 Å². The van der Waals surface area contributed by atoms with E-state index in [0.29, 0.717) is 19.1 Å². The van der Waals surface area contributed by atoms with Crippen molar-refractivity contribution in [3.8, 4) is 0 Å². The number of carboxylic acid groups (broad SMARTS) is 2. The molecule has 0 radical (unpaired) electrons. The molecule has 370 valence electrons. The number of carboxylic acids is 2. The first-order valence-electron chi connectivity index (χ1n) is 18.0. The molecule has 0 aromatic heterocycles. The van der Waals surface area contributed by atoms with Gasteiger partial charge in [-0.1, -0.05) is 24.3 Å². The predicted octanol–water partition coefficient (Wildman–Crippen LogP) is 10.2. The molecule has 0 spiro atoms. The van der Waals surface area contributed by atoms with Gasteiger partial charge in [-0.15, -0.1) is 0 Å². The average molecular weight is 1000 g/mol. The molecule has 4 rings (SSSR count). The first-order valence-corrected chi connectivity index (χ1v) is 18.0. The van der Waals surface area contributed by atoms with Crippen LogP contribution in [0.25, 0.3) is 0 Å². The minimum atomic E-state index is -6.78. The largest absolute Gasteiger partial charge is 0.478 e. The molecular formula is C40H26F18N2O8. The molecule has 1 amide bonds. The Morgan fingerprint density at radius 1 is 0.456 bits per heavy atom. The van der Waals surface area contributed by atoms with Crippen LogP contribution in [0.1, 0.15) is 81.7 Å². The number of alkyl halides is 18. The van der Waals surface area contributed by atoms with Crippen molar-refractivity contribution in [1.29, 1.82) is 0 Å². The second-order valence-corrected chi connectivity index (χ2v) is 14.6. The summed E-state index contributed by atoms with van der Waals surface area (Å²) in [4.78, 5) is 49.8. The van der Waals surface area contributed by atoms with Gasteiger partial charge >= 0.3 is 49.0 Å². The Morgan fingerprint density at radius 2 is 0.809 bits per heavy atom. The molecule has 68 heavy (non-hydrogen) atoms. The van der Waals surface area contributed by atoms with Gasteiger partial charge in [-0.25, -0.2) is 9.59 Å². The Labute approximate surface area is 366 Å². The van der Waals surface area contributed by atoms with E-state index in [1.807, 2.05) is 0 Å². The molecule has 0 saturated carbocycles. The Morgan fingerprint density at radius 3 is 1.15 bits per heavy atom. The summed E-state index contributed by atoms with van der Waals surface area (Å²) in [5.41, 5.74) is -35.2. The van der Waals surface area contributed by atoms with Gasteiger partial charge in [0.15, 0.2) is 5.78 Å². The number of halogens is 18. The number of Topliss-reactive ketones (excluding diaryl/α,β-unsaturated/α-hetero) is 1. The van der Waals surface area contributed by atoms with Crippen molar-refractivity contribution in [2.75, 3.05) is 17.7 Å². The summed E-state index contributed by atoms with van der Waals surface area (Å²) in [7, 11) is 0.899. The van der Waals surface area contributed by atoms with E-state index in [-0.39, 0.29) is 60.7 Å². The van der Waals surface area contributed by atoms with Crippen LogP contribution in [0, 0.1) is 0 Å². The summed E-state index contributed by atoms with van der Waals surface area (Å²) < 4.78 is 259. The van der Waals surface area contributed by atoms with E-state index in [0.717, 1.165) is 7.05 Å². The molecule has 0 aliphatic carbocycles. The smallest absolute Gasteiger partial charge is 0.430 e. The predicted molar refractivity (Wildman–Crippen MR) is 195 cm³/mol. The van der Waals surface area contributed by atoms with Gasteiger partial charge in [-0.2, -0.15) is 79.0 Å². The van der Waals surface area contributed by atoms with E-state index in [1.165, 1.54) is 5.32 Å². The van der Waals surface area contributed by atoms with Crippen LogP contribution in [0.5, 0.6) is 0 Å². The number of rotatable bonds is 12. The molecule has 0 fully saturated rings. The van der Waals surface area contributed by atoms with E-state index < -0.39 is 151 Å². The maximum absolute atomic E-state index is 15.1. The second-order valence-electron chi connectivity index (χ2n) is 14.6. The Kier molecular flexibility index (Phi) is 13.9. The van der Waals surface area contributed by atoms with E-state index in [1.54, 1.807) is 0 Å². The molecule has 0 saturated heterocycles. The van der Waals surface area contributed by atoms with E-state index >= 15 is 26.3 Å². The number of ketones is 1. The summed E-state index contributed by atoms with van der Waals surface area (Å²) in [5.74, 6) is -7.95. The third-order valence-electron chi connectivity index (χ3n) is 10.3. The lowest BCUT2D eigenvalue weighted by molar-refractivity contribution is -0.376. The van der Waals surface area contributed by atoms with Crippen LogP contribution in [-0.4, -0.2) is 88.2 Å². The van der Waals surface area contributed by atoms with Crippen molar-refractivity contribution in [2.24, 2.45) is 0 Å². The zero-order valence-electron chi connectivity index (χ0n) is 33.4. The van der Waals surface area contributed by atoms with Crippen LogP contribution in [0.4, 0.5) is 90.4 Å². The SMILES string of the molecule is CNc1cc(Cc2cc(NC(=O)c3cc(C(c4ccc(C(=O)O)c(C(C)=O)c4)(C(F)(F)F)C(F)(F)F)ccc3C(=O)O)cc(C(O)(C(F)(F)F)C(F)(F)F)c2)cc(C(O)(C(F)(F)F)C(F)(F)F)c1. The zero-order chi connectivity index (χ0) is 52.3. The van der Waals surface area contributed by atoms with Crippen molar-refractivity contribution in [3.63, 3.8) is 0 Å². The molecule has 4 aromatic rings. The number of aliphatic hydroxyl groups is 2. The lowest BCUT2D eigenvalue weighted by Gasteiger charge is -2.38. The second kappa shape index (κ2) is 17.5. The summed E-state index contributed by atoms with van der Waals surface area (Å²) in [6, 6.07) is 0.0149. The average Bonchev–Trinajstić information content (AvgIpc) is 3.17. The van der Waals surface area contributed by atoms with Crippen LogP contribution >= 0.6 is 0 Å². The van der Waals surface area contributed by atoms with Crippen molar-refractivity contribution >= 4 is 35.0 Å². The summed E-state index contributed by atoms with van der Waals surface area (Å²) in [6.45, 7) is 0.557. The van der Waals surface area contributed by atoms with Gasteiger partial charge in [-0.3, -0.25) is 9.59 Å². The lowest BCUT2D eigenvalue weighted by Crippen LogP contribution is -2.55. The van der Waals surface area contributed by atoms with E-state index in [4.69, 9.17) is 0 Å². The summed E-state index contributed by atoms with van der Waals surface area (Å²) in [6.07, 6.45) is -41.3. The maximum atomic E-state index is 15.1. The monoisotopic (exact) mass is 1000 g/mol. The highest BCUT2D eigenvalue weighted by molar-refractivity contribution is 6.11. The molecule has 28 heteroatoms. The molecule has 0 aliphatic heterocycles. The number of nitrogens with one attached hydrogen (secondary N) is 2. The number of aromatic carboxylic acids is 2. The fraction of sp³-hybridized carbons (Fsp3) is 0.300. The number of amides is 1. The number of hydrogen-bond acceptors (Lipinski definition) is 7. The molecule has 0 bridgehead atoms. The first kappa shape index (κ1) is 54.0. The number of anilines is 2. The quantitative estimate of drug-likeness (QED) is 0.0597. The minimum Gasteiger partial charge on any atom is -0.478 e. The fourth-order valence-electron chi connectivity index (χ4n) is 7.02. The molecule has 0 atom stereocenters. The topological polar surface area (TPSA) is 173 Å². The normalized spacial score (nSPS) is 13.6. The number of benzene rings is 4. The lowest BCUT2D eigenvalue weighted by atomic mass is 9.71. The molecule has 10 nitrogen and oxygen atoms in total. The minimum absolute atomic E-state index is 0.0281. The molecular weight excluding hydrogens is 978 g/mol. The molecule has 0 aliphatic rings. The van der Waals surface area contributed by atoms with E-state index in [9.17, 15) is 92.3 Å². The summed E-state index contributed by atoms with van der Waals surface area (Å²) in [5, 5.41) is 43.0. The molecule has 4 aromatic carbocycles. The highest BCUT2D eigenvalue weighted by Gasteiger charge is 2.74. The zero-order valence-corrected chi connectivity index (χ0v) is 33.4. The van der Waals surface area contributed by atoms with Crippen LogP contribution < -0.4 is 10.6 Å². The third kappa shape index (κ3) is 9.33. The van der Waals surface area contributed by atoms with Gasteiger partial charge in [0.05, 0.1) is 16.7 Å². The maximum Gasteiger partial charge on any atom is 0.430 e. The third-order valence-corrected chi connectivity index (χ3v) is 10.3. The fourth-order valence-corrected chi connectivity index (χ4v) is 7.02. The summed E-state index contributed by atoms with van der Waals surface area (Å²) >= 11 is 0. The molecule has 0 unspecified atom stereocenters. The van der Waals surface area contributed by atoms with Crippen LogP contribution in [0.2, 0.25) is 0 Å². The Bertz CT molecular complexity index is 2600. The van der Waals surface area contributed by atoms with Gasteiger partial charge in [-0.05, 0) is 84.1 Å². The molecule has 6 N–H and O–H groups in total. The highest BCUT2D eigenvalue weighted by Crippen LogP contribution is 2.57. The number of carbonyl (C=O) groups is 4. The van der Waals surface area contributed by atoms with Crippen LogP contribution in [0.15, 0.2) is 72.8 Å². The van der Waals surface area contributed by atoms with Crippen molar-refractivity contribution in [2.45, 2.75) is 67.0 Å². The standard InChI is InChI=1S/C40H26F18N2O8/c1-16(61)27-14-19(3-5-25(27)30(63)64)32(35(41,42)43,36(44,45)46)20-4-6-26(31(65)66)28(15-20)29(62)60-24-11-18(9-22(13-24)34(68,39(53,54)55)40(56,57)58)7-17-8-21(12-23(10-17)59-2)33(67,37(47,48)49)38(50,51)52/h3-6,8-15,59,67-68H,7H2,1-2H3,(H,60,62)(H,63,64)(H,65,66). The Hall–Kier alpha value is -6.58. The van der Waals surface area contributed by atoms with Crippen molar-refractivity contribution in [3.05, 3.63) is 128 Å². The number of carbonyl (C=O) groups excluding carboxylic acids is 2. The first-order chi connectivity index (χ1) is 30.6. The van der Waals surface area contributed by atoms with Crippen LogP contribution in [0.3, 0.4) is 0 Å². The highest BCUT2D eigenvalue weighted by atomic mass is 19.4. The molecule has 0 heterocycles. The van der Waals surface area contributed by atoms with Gasteiger partial charge in [0, 0.05) is 35.1 Å². The number of hydrogen-bond donors (Lipinski definition) is 6. The van der Waals surface area contributed by atoms with Gasteiger partial charge in [0.1, 0.15) is 0 Å². The van der Waals surface area contributed by atoms with Gasteiger partial charge < -0.3 is 31.1 Å². The van der Waals surface area contributed by atoms with Crippen molar-refractivity contribution < 1.29 is 119 Å². The van der Waals surface area contributed by atoms with Crippen LogP contribution in [-0.2, 0) is 23.0 Å². The Balaban J connectivity index is 2.07. The van der Waals surface area contributed by atoms with Crippen molar-refractivity contribution in [1.82, 2.24) is 0 Å². The van der Waals surface area contributed by atoms with Gasteiger partial charge in [0.25, 0.3) is 17.1 Å².